The Morgan fingerprint density at radius 3 is 2.81 bits per heavy atom. The van der Waals surface area contributed by atoms with Gasteiger partial charge in [-0.25, -0.2) is 4.79 Å². The molecule has 1 amide bonds. The molecule has 0 aromatic heterocycles. The van der Waals surface area contributed by atoms with Gasteiger partial charge in [0.2, 0.25) is 5.91 Å². The molecular formula is C16H22N2O3. The van der Waals surface area contributed by atoms with E-state index >= 15 is 0 Å². The molecule has 2 N–H and O–H groups in total. The second-order valence-electron chi connectivity index (χ2n) is 5.40. The van der Waals surface area contributed by atoms with Gasteiger partial charge in [0.05, 0.1) is 6.04 Å². The number of carbonyl (C=O) groups excluding carboxylic acids is 2. The topological polar surface area (TPSA) is 72.6 Å². The van der Waals surface area contributed by atoms with Crippen molar-refractivity contribution < 1.29 is 14.3 Å². The summed E-state index contributed by atoms with van der Waals surface area (Å²) in [6.45, 7) is 2.48. The van der Waals surface area contributed by atoms with Gasteiger partial charge in [-0.3, -0.25) is 4.79 Å². The molecule has 1 aromatic carbocycles. The first-order valence-corrected chi connectivity index (χ1v) is 7.36. The predicted octanol–water partition coefficient (Wildman–Crippen LogP) is 1.46. The van der Waals surface area contributed by atoms with E-state index < -0.39 is 12.1 Å². The zero-order chi connectivity index (χ0) is 15.2. The van der Waals surface area contributed by atoms with Crippen LogP contribution >= 0.6 is 0 Å². The van der Waals surface area contributed by atoms with Crippen molar-refractivity contribution >= 4 is 11.9 Å². The summed E-state index contributed by atoms with van der Waals surface area (Å²) < 4.78 is 5.29. The number of hydrogen-bond acceptors (Lipinski definition) is 4. The molecule has 1 unspecified atom stereocenters. The van der Waals surface area contributed by atoms with Gasteiger partial charge >= 0.3 is 5.97 Å². The average Bonchev–Trinajstić information content (AvgIpc) is 2.67. The summed E-state index contributed by atoms with van der Waals surface area (Å²) in [4.78, 5) is 25.8. The van der Waals surface area contributed by atoms with Crippen LogP contribution in [0.25, 0.3) is 0 Å². The maximum absolute atomic E-state index is 12.2. The van der Waals surface area contributed by atoms with Crippen LogP contribution in [0.3, 0.4) is 0 Å². The summed E-state index contributed by atoms with van der Waals surface area (Å²) in [5.74, 6) is -0.544. The van der Waals surface area contributed by atoms with E-state index in [0.717, 1.165) is 18.4 Å². The van der Waals surface area contributed by atoms with E-state index in [9.17, 15) is 9.59 Å². The average molecular weight is 290 g/mol. The van der Waals surface area contributed by atoms with Crippen LogP contribution in [0.5, 0.6) is 0 Å². The van der Waals surface area contributed by atoms with E-state index in [-0.39, 0.29) is 18.5 Å². The lowest BCUT2D eigenvalue weighted by Gasteiger charge is -2.27. The van der Waals surface area contributed by atoms with Crippen LogP contribution in [0, 0.1) is 0 Å². The van der Waals surface area contributed by atoms with Gasteiger partial charge in [0.15, 0.2) is 0 Å². The lowest BCUT2D eigenvalue weighted by Crippen LogP contribution is -2.49. The highest BCUT2D eigenvalue weighted by Crippen LogP contribution is 2.15. The standard InChI is InChI=1S/C16H22N2O3/c1-12(18-10-6-5-9-14(17)15(18)19)16(20)21-11-13-7-3-2-4-8-13/h2-4,7-8,12,14H,5-6,9-11,17H2,1H3/t12?,14-/m0/s1. The Bertz CT molecular complexity index is 490. The number of nitrogens with two attached hydrogens (primary N) is 1. The molecular weight excluding hydrogens is 268 g/mol. The molecule has 5 nitrogen and oxygen atoms in total. The first kappa shape index (κ1) is 15.5. The largest absolute Gasteiger partial charge is 0.459 e. The molecule has 1 fully saturated rings. The van der Waals surface area contributed by atoms with Crippen molar-refractivity contribution in [3.05, 3.63) is 35.9 Å². The van der Waals surface area contributed by atoms with E-state index in [2.05, 4.69) is 0 Å². The van der Waals surface area contributed by atoms with Gasteiger partial charge in [-0.05, 0) is 31.7 Å². The Kier molecular flexibility index (Phi) is 5.33. The molecule has 5 heteroatoms. The Labute approximate surface area is 125 Å². The Balaban J connectivity index is 1.93. The second kappa shape index (κ2) is 7.22. The van der Waals surface area contributed by atoms with E-state index in [1.165, 1.54) is 0 Å². The smallest absolute Gasteiger partial charge is 0.328 e. The monoisotopic (exact) mass is 290 g/mol. The van der Waals surface area contributed by atoms with Gasteiger partial charge < -0.3 is 15.4 Å². The highest BCUT2D eigenvalue weighted by atomic mass is 16.5. The van der Waals surface area contributed by atoms with Crippen molar-refractivity contribution in [2.75, 3.05) is 6.54 Å². The van der Waals surface area contributed by atoms with E-state index in [0.29, 0.717) is 13.0 Å². The third-order valence-corrected chi connectivity index (χ3v) is 3.80. The van der Waals surface area contributed by atoms with Gasteiger partial charge in [-0.15, -0.1) is 0 Å². The van der Waals surface area contributed by atoms with Crippen LogP contribution in [-0.4, -0.2) is 35.4 Å². The summed E-state index contributed by atoms with van der Waals surface area (Å²) >= 11 is 0. The summed E-state index contributed by atoms with van der Waals surface area (Å²) in [6, 6.07) is 8.39. The van der Waals surface area contributed by atoms with Crippen molar-refractivity contribution in [1.29, 1.82) is 0 Å². The quantitative estimate of drug-likeness (QED) is 0.852. The number of nitrogens with zero attached hydrogens (tertiary/aromatic N) is 1. The van der Waals surface area contributed by atoms with Gasteiger partial charge in [-0.1, -0.05) is 30.3 Å². The summed E-state index contributed by atoms with van der Waals surface area (Å²) in [5, 5.41) is 0. The molecule has 21 heavy (non-hydrogen) atoms. The molecule has 0 bridgehead atoms. The molecule has 0 saturated carbocycles. The Morgan fingerprint density at radius 1 is 1.38 bits per heavy atom. The maximum Gasteiger partial charge on any atom is 0.328 e. The molecule has 1 aromatic rings. The van der Waals surface area contributed by atoms with Crippen LogP contribution < -0.4 is 5.73 Å². The fourth-order valence-electron chi connectivity index (χ4n) is 2.45. The van der Waals surface area contributed by atoms with Crippen LogP contribution in [0.4, 0.5) is 0 Å². The van der Waals surface area contributed by atoms with Crippen molar-refractivity contribution in [2.24, 2.45) is 5.73 Å². The maximum atomic E-state index is 12.2. The molecule has 0 spiro atoms. The first-order chi connectivity index (χ1) is 10.1. The highest BCUT2D eigenvalue weighted by Gasteiger charge is 2.31. The zero-order valence-electron chi connectivity index (χ0n) is 12.3. The van der Waals surface area contributed by atoms with E-state index in [1.54, 1.807) is 11.8 Å². The van der Waals surface area contributed by atoms with Crippen molar-refractivity contribution in [3.63, 3.8) is 0 Å². The van der Waals surface area contributed by atoms with Crippen molar-refractivity contribution in [3.8, 4) is 0 Å². The first-order valence-electron chi connectivity index (χ1n) is 7.36. The SMILES string of the molecule is CC(C(=O)OCc1ccccc1)N1CCCC[C@H](N)C1=O. The number of carbonyl (C=O) groups is 2. The normalized spacial score (nSPS) is 20.8. The fraction of sp³-hybridized carbons (Fsp3) is 0.500. The highest BCUT2D eigenvalue weighted by molar-refractivity contribution is 5.87. The lowest BCUT2D eigenvalue weighted by molar-refractivity contribution is -0.155. The summed E-state index contributed by atoms with van der Waals surface area (Å²) in [7, 11) is 0. The van der Waals surface area contributed by atoms with Gasteiger partial charge in [0, 0.05) is 6.54 Å². The van der Waals surface area contributed by atoms with Crippen LogP contribution in [0.15, 0.2) is 30.3 Å². The minimum atomic E-state index is -0.592. The number of benzene rings is 1. The summed E-state index contributed by atoms with van der Waals surface area (Å²) in [5.41, 5.74) is 6.76. The Hall–Kier alpha value is -1.88. The Morgan fingerprint density at radius 2 is 2.10 bits per heavy atom. The van der Waals surface area contributed by atoms with Crippen molar-refractivity contribution in [2.45, 2.75) is 44.9 Å². The summed E-state index contributed by atoms with van der Waals surface area (Å²) in [6.07, 6.45) is 2.46. The molecule has 1 aliphatic heterocycles. The van der Waals surface area contributed by atoms with E-state index in [1.807, 2.05) is 30.3 Å². The molecule has 114 valence electrons. The number of esters is 1. The van der Waals surface area contributed by atoms with Crippen LogP contribution in [-0.2, 0) is 20.9 Å². The van der Waals surface area contributed by atoms with E-state index in [4.69, 9.17) is 10.5 Å². The minimum absolute atomic E-state index is 0.156. The zero-order valence-corrected chi connectivity index (χ0v) is 12.3. The number of rotatable bonds is 4. The van der Waals surface area contributed by atoms with Crippen molar-refractivity contribution in [1.82, 2.24) is 4.90 Å². The van der Waals surface area contributed by atoms with Gasteiger partial charge in [-0.2, -0.15) is 0 Å². The predicted molar refractivity (Wildman–Crippen MR) is 79.2 cm³/mol. The molecule has 0 radical (unpaired) electrons. The second-order valence-corrected chi connectivity index (χ2v) is 5.40. The number of likely N-dealkylation sites (tertiary alicyclic amines) is 1. The van der Waals surface area contributed by atoms with Gasteiger partial charge in [0.1, 0.15) is 12.6 Å². The third kappa shape index (κ3) is 4.04. The number of amides is 1. The molecule has 1 saturated heterocycles. The van der Waals surface area contributed by atoms with Gasteiger partial charge in [0.25, 0.3) is 0 Å². The molecule has 2 rings (SSSR count). The minimum Gasteiger partial charge on any atom is -0.459 e. The lowest BCUT2D eigenvalue weighted by atomic mass is 10.1. The van der Waals surface area contributed by atoms with Crippen LogP contribution in [0.2, 0.25) is 0 Å². The molecule has 1 heterocycles. The number of hydrogen-bond donors (Lipinski definition) is 1. The van der Waals surface area contributed by atoms with Crippen LogP contribution in [0.1, 0.15) is 31.7 Å². The third-order valence-electron chi connectivity index (χ3n) is 3.80. The molecule has 0 aliphatic carbocycles. The number of ether oxygens (including phenoxy) is 1. The molecule has 2 atom stereocenters. The fourth-order valence-corrected chi connectivity index (χ4v) is 2.45. The molecule has 1 aliphatic rings.